The van der Waals surface area contributed by atoms with Crippen LogP contribution in [-0.2, 0) is 17.6 Å². The van der Waals surface area contributed by atoms with Crippen LogP contribution in [0, 0.1) is 0 Å². The molecule has 0 fully saturated rings. The summed E-state index contributed by atoms with van der Waals surface area (Å²) >= 11 is 3.16. The predicted molar refractivity (Wildman–Crippen MR) is 58.3 cm³/mol. The van der Waals surface area contributed by atoms with Crippen LogP contribution in [0.25, 0.3) is 0 Å². The van der Waals surface area contributed by atoms with Gasteiger partial charge in [-0.3, -0.25) is 4.79 Å². The summed E-state index contributed by atoms with van der Waals surface area (Å²) in [7, 11) is 0. The van der Waals surface area contributed by atoms with E-state index in [1.54, 1.807) is 0 Å². The van der Waals surface area contributed by atoms with Crippen molar-refractivity contribution in [2.24, 2.45) is 0 Å². The quantitative estimate of drug-likeness (QED) is 0.741. The Hall–Kier alpha value is -0.630. The topological polar surface area (TPSA) is 17.1 Å². The van der Waals surface area contributed by atoms with Crippen molar-refractivity contribution in [3.05, 3.63) is 35.4 Å². The maximum absolute atomic E-state index is 11.1. The Balaban J connectivity index is 2.71. The van der Waals surface area contributed by atoms with Crippen molar-refractivity contribution in [3.63, 3.8) is 0 Å². The Bertz CT molecular complexity index is 294. The van der Waals surface area contributed by atoms with Crippen LogP contribution >= 0.6 is 15.9 Å². The van der Waals surface area contributed by atoms with Crippen molar-refractivity contribution >= 4 is 21.7 Å². The molecule has 0 aliphatic heterocycles. The summed E-state index contributed by atoms with van der Waals surface area (Å²) in [5.41, 5.74) is 2.41. The van der Waals surface area contributed by atoms with Crippen LogP contribution in [0.1, 0.15) is 18.1 Å². The lowest BCUT2D eigenvalue weighted by Crippen LogP contribution is -2.03. The van der Waals surface area contributed by atoms with Crippen LogP contribution in [0.4, 0.5) is 0 Å². The third kappa shape index (κ3) is 3.31. The SMILES string of the molecule is CCc1cccc(CC(=O)CBr)c1. The fraction of sp³-hybridized carbons (Fsp3) is 0.364. The van der Waals surface area contributed by atoms with Gasteiger partial charge in [-0.05, 0) is 17.5 Å². The largest absolute Gasteiger partial charge is 0.298 e. The van der Waals surface area contributed by atoms with Crippen LogP contribution < -0.4 is 0 Å². The van der Waals surface area contributed by atoms with Gasteiger partial charge in [-0.25, -0.2) is 0 Å². The average Bonchev–Trinajstić information content (AvgIpc) is 2.18. The molecule has 0 aliphatic carbocycles. The molecule has 0 radical (unpaired) electrons. The Labute approximate surface area is 87.3 Å². The summed E-state index contributed by atoms with van der Waals surface area (Å²) in [6.07, 6.45) is 1.56. The van der Waals surface area contributed by atoms with Gasteiger partial charge in [0.15, 0.2) is 0 Å². The van der Waals surface area contributed by atoms with Gasteiger partial charge in [-0.15, -0.1) is 0 Å². The zero-order valence-electron chi connectivity index (χ0n) is 7.72. The normalized spacial score (nSPS) is 10.0. The Morgan fingerprint density at radius 3 is 2.69 bits per heavy atom. The van der Waals surface area contributed by atoms with Crippen molar-refractivity contribution in [2.45, 2.75) is 19.8 Å². The molecule has 0 saturated carbocycles. The maximum atomic E-state index is 11.1. The summed E-state index contributed by atoms with van der Waals surface area (Å²) in [5, 5.41) is 0.448. The van der Waals surface area contributed by atoms with Crippen LogP contribution in [-0.4, -0.2) is 11.1 Å². The minimum Gasteiger partial charge on any atom is -0.298 e. The van der Waals surface area contributed by atoms with E-state index in [1.165, 1.54) is 5.56 Å². The van der Waals surface area contributed by atoms with Gasteiger partial charge in [-0.1, -0.05) is 47.1 Å². The summed E-state index contributed by atoms with van der Waals surface area (Å²) in [6, 6.07) is 8.19. The van der Waals surface area contributed by atoms with E-state index in [0.717, 1.165) is 12.0 Å². The minimum absolute atomic E-state index is 0.230. The molecule has 0 N–H and O–H groups in total. The zero-order chi connectivity index (χ0) is 9.68. The van der Waals surface area contributed by atoms with Crippen LogP contribution in [0.3, 0.4) is 0 Å². The zero-order valence-corrected chi connectivity index (χ0v) is 9.30. The highest BCUT2D eigenvalue weighted by atomic mass is 79.9. The number of carbonyl (C=O) groups is 1. The monoisotopic (exact) mass is 240 g/mol. The van der Waals surface area contributed by atoms with Crippen molar-refractivity contribution in [1.29, 1.82) is 0 Å². The first-order valence-electron chi connectivity index (χ1n) is 4.41. The molecular formula is C11H13BrO. The highest BCUT2D eigenvalue weighted by Crippen LogP contribution is 2.07. The molecule has 1 aromatic rings. The third-order valence-electron chi connectivity index (χ3n) is 1.95. The van der Waals surface area contributed by atoms with Crippen LogP contribution in [0.2, 0.25) is 0 Å². The van der Waals surface area contributed by atoms with Gasteiger partial charge in [0, 0.05) is 6.42 Å². The first-order valence-corrected chi connectivity index (χ1v) is 5.54. The summed E-state index contributed by atoms with van der Waals surface area (Å²) in [5.74, 6) is 0.230. The van der Waals surface area contributed by atoms with Gasteiger partial charge in [0.25, 0.3) is 0 Å². The number of hydrogen-bond acceptors (Lipinski definition) is 1. The molecule has 0 saturated heterocycles. The second-order valence-corrected chi connectivity index (χ2v) is 3.58. The van der Waals surface area contributed by atoms with Gasteiger partial charge in [0.05, 0.1) is 5.33 Å². The Morgan fingerprint density at radius 2 is 2.08 bits per heavy atom. The molecule has 1 aromatic carbocycles. The Morgan fingerprint density at radius 1 is 1.38 bits per heavy atom. The summed E-state index contributed by atoms with van der Waals surface area (Å²) < 4.78 is 0. The van der Waals surface area contributed by atoms with E-state index in [-0.39, 0.29) is 5.78 Å². The first kappa shape index (κ1) is 10.5. The molecule has 0 aromatic heterocycles. The molecule has 0 aliphatic rings. The lowest BCUT2D eigenvalue weighted by atomic mass is 10.1. The van der Waals surface area contributed by atoms with Crippen LogP contribution in [0.5, 0.6) is 0 Å². The number of benzene rings is 1. The molecule has 2 heteroatoms. The lowest BCUT2D eigenvalue weighted by molar-refractivity contribution is -0.115. The molecule has 1 nitrogen and oxygen atoms in total. The maximum Gasteiger partial charge on any atom is 0.147 e. The van der Waals surface area contributed by atoms with Crippen molar-refractivity contribution in [1.82, 2.24) is 0 Å². The average molecular weight is 241 g/mol. The van der Waals surface area contributed by atoms with Gasteiger partial charge in [0.1, 0.15) is 5.78 Å². The van der Waals surface area contributed by atoms with Gasteiger partial charge in [-0.2, -0.15) is 0 Å². The van der Waals surface area contributed by atoms with Crippen molar-refractivity contribution in [2.75, 3.05) is 5.33 Å². The molecule has 0 unspecified atom stereocenters. The van der Waals surface area contributed by atoms with Crippen molar-refractivity contribution in [3.8, 4) is 0 Å². The molecule has 0 bridgehead atoms. The Kier molecular flexibility index (Phi) is 4.16. The molecule has 0 amide bonds. The fourth-order valence-electron chi connectivity index (χ4n) is 1.23. The number of halogens is 1. The standard InChI is InChI=1S/C11H13BrO/c1-2-9-4-3-5-10(6-9)7-11(13)8-12/h3-6H,2,7-8H2,1H3. The molecular weight excluding hydrogens is 228 g/mol. The van der Waals surface area contributed by atoms with Gasteiger partial charge < -0.3 is 0 Å². The number of alkyl halides is 1. The molecule has 0 heterocycles. The van der Waals surface area contributed by atoms with Crippen LogP contribution in [0.15, 0.2) is 24.3 Å². The number of rotatable bonds is 4. The number of ketones is 1. The van der Waals surface area contributed by atoms with E-state index in [0.29, 0.717) is 11.8 Å². The highest BCUT2D eigenvalue weighted by molar-refractivity contribution is 9.09. The number of Topliss-reactive ketones (excluding diaryl/α,β-unsaturated/α-hetero) is 1. The first-order chi connectivity index (χ1) is 6.26. The molecule has 13 heavy (non-hydrogen) atoms. The highest BCUT2D eigenvalue weighted by Gasteiger charge is 2.01. The number of aryl methyl sites for hydroxylation is 1. The fourth-order valence-corrected chi connectivity index (χ4v) is 1.43. The summed E-state index contributed by atoms with van der Waals surface area (Å²) in [4.78, 5) is 11.1. The van der Waals surface area contributed by atoms with Crippen molar-refractivity contribution < 1.29 is 4.79 Å². The van der Waals surface area contributed by atoms with E-state index in [2.05, 4.69) is 35.0 Å². The lowest BCUT2D eigenvalue weighted by Gasteiger charge is -2.01. The molecule has 1 rings (SSSR count). The van der Waals surface area contributed by atoms with E-state index in [1.807, 2.05) is 12.1 Å². The third-order valence-corrected chi connectivity index (χ3v) is 2.58. The number of carbonyl (C=O) groups excluding carboxylic acids is 1. The second-order valence-electron chi connectivity index (χ2n) is 3.02. The van der Waals surface area contributed by atoms with E-state index in [4.69, 9.17) is 0 Å². The van der Waals surface area contributed by atoms with Gasteiger partial charge in [0.2, 0.25) is 0 Å². The molecule has 0 atom stereocenters. The molecule has 0 spiro atoms. The minimum atomic E-state index is 0.230. The van der Waals surface area contributed by atoms with E-state index in [9.17, 15) is 4.79 Å². The molecule has 70 valence electrons. The van der Waals surface area contributed by atoms with E-state index < -0.39 is 0 Å². The predicted octanol–water partition coefficient (Wildman–Crippen LogP) is 2.76. The second kappa shape index (κ2) is 5.18. The van der Waals surface area contributed by atoms with E-state index >= 15 is 0 Å². The number of hydrogen-bond donors (Lipinski definition) is 0. The van der Waals surface area contributed by atoms with Gasteiger partial charge >= 0.3 is 0 Å². The summed E-state index contributed by atoms with van der Waals surface area (Å²) in [6.45, 7) is 2.12. The smallest absolute Gasteiger partial charge is 0.147 e.